The molecule has 0 spiro atoms. The molecule has 1 nitrogen and oxygen atoms in total. The Morgan fingerprint density at radius 3 is 2.50 bits per heavy atom. The number of hydrogen-bond donors (Lipinski definition) is 1. The third-order valence-corrected chi connectivity index (χ3v) is 4.83. The Balaban J connectivity index is 1.83. The molecule has 0 aromatic heterocycles. The van der Waals surface area contributed by atoms with Crippen LogP contribution < -0.4 is 5.32 Å². The Labute approximate surface area is 118 Å². The Morgan fingerprint density at radius 2 is 1.70 bits per heavy atom. The molecule has 0 bridgehead atoms. The van der Waals surface area contributed by atoms with Gasteiger partial charge >= 0.3 is 0 Å². The van der Waals surface area contributed by atoms with E-state index in [9.17, 15) is 4.39 Å². The maximum absolute atomic E-state index is 13.2. The third kappa shape index (κ3) is 1.79. The van der Waals surface area contributed by atoms with Crippen LogP contribution in [0.15, 0.2) is 48.5 Å². The highest BCUT2D eigenvalue weighted by molar-refractivity contribution is 5.46. The van der Waals surface area contributed by atoms with Gasteiger partial charge in [-0.15, -0.1) is 0 Å². The molecule has 1 N–H and O–H groups in total. The first-order chi connectivity index (χ1) is 9.84. The minimum Gasteiger partial charge on any atom is -0.310 e. The standard InChI is InChI=1S/C18H18FN/c19-13-9-7-12(8-10-13)17-14-4-1-2-5-15(14)18-16(17)6-3-11-20-18/h1-2,4-5,7-10,16-18,20H,3,6,11H2/t16-,17+,18+/m0/s1. The molecule has 2 aliphatic rings. The van der Waals surface area contributed by atoms with E-state index < -0.39 is 0 Å². The Bertz CT molecular complexity index is 620. The zero-order valence-electron chi connectivity index (χ0n) is 11.4. The van der Waals surface area contributed by atoms with Crippen molar-refractivity contribution in [3.8, 4) is 0 Å². The predicted molar refractivity (Wildman–Crippen MR) is 78.2 cm³/mol. The summed E-state index contributed by atoms with van der Waals surface area (Å²) in [5.74, 6) is 0.856. The molecule has 0 saturated carbocycles. The van der Waals surface area contributed by atoms with Crippen molar-refractivity contribution in [2.24, 2.45) is 5.92 Å². The van der Waals surface area contributed by atoms with Crippen LogP contribution in [0, 0.1) is 11.7 Å². The van der Waals surface area contributed by atoms with Crippen molar-refractivity contribution >= 4 is 0 Å². The van der Waals surface area contributed by atoms with E-state index in [1.807, 2.05) is 12.1 Å². The summed E-state index contributed by atoms with van der Waals surface area (Å²) in [4.78, 5) is 0. The molecule has 2 heteroatoms. The Hall–Kier alpha value is -1.67. The zero-order valence-corrected chi connectivity index (χ0v) is 11.4. The lowest BCUT2D eigenvalue weighted by molar-refractivity contribution is 0.287. The number of benzene rings is 2. The maximum atomic E-state index is 13.2. The van der Waals surface area contributed by atoms with Crippen LogP contribution in [0.25, 0.3) is 0 Å². The average molecular weight is 267 g/mol. The lowest BCUT2D eigenvalue weighted by Crippen LogP contribution is -2.32. The first-order valence-electron chi connectivity index (χ1n) is 7.42. The number of halogens is 1. The summed E-state index contributed by atoms with van der Waals surface area (Å²) >= 11 is 0. The fourth-order valence-electron chi connectivity index (χ4n) is 4.02. The summed E-state index contributed by atoms with van der Waals surface area (Å²) in [6.07, 6.45) is 2.47. The Kier molecular flexibility index (Phi) is 2.85. The molecule has 0 radical (unpaired) electrons. The molecular weight excluding hydrogens is 249 g/mol. The van der Waals surface area contributed by atoms with Crippen LogP contribution in [0.1, 0.15) is 41.5 Å². The molecule has 20 heavy (non-hydrogen) atoms. The molecule has 2 aromatic rings. The van der Waals surface area contributed by atoms with Gasteiger partial charge in [-0.25, -0.2) is 4.39 Å². The smallest absolute Gasteiger partial charge is 0.123 e. The van der Waals surface area contributed by atoms with Crippen LogP contribution in [0.4, 0.5) is 4.39 Å². The van der Waals surface area contributed by atoms with Crippen LogP contribution in [-0.4, -0.2) is 6.54 Å². The van der Waals surface area contributed by atoms with E-state index in [4.69, 9.17) is 0 Å². The van der Waals surface area contributed by atoms with Crippen molar-refractivity contribution in [1.82, 2.24) is 5.32 Å². The van der Waals surface area contributed by atoms with Crippen molar-refractivity contribution in [3.63, 3.8) is 0 Å². The minimum atomic E-state index is -0.154. The van der Waals surface area contributed by atoms with Gasteiger partial charge in [0.1, 0.15) is 5.82 Å². The van der Waals surface area contributed by atoms with Crippen LogP contribution in [0.3, 0.4) is 0 Å². The van der Waals surface area contributed by atoms with E-state index in [0.717, 1.165) is 6.54 Å². The molecule has 1 aliphatic heterocycles. The maximum Gasteiger partial charge on any atom is 0.123 e. The largest absolute Gasteiger partial charge is 0.310 e. The highest BCUT2D eigenvalue weighted by atomic mass is 19.1. The van der Waals surface area contributed by atoms with Gasteiger partial charge in [-0.05, 0) is 54.1 Å². The molecular formula is C18H18FN. The normalized spacial score (nSPS) is 27.9. The van der Waals surface area contributed by atoms with E-state index in [2.05, 4.69) is 29.6 Å². The second kappa shape index (κ2) is 4.71. The van der Waals surface area contributed by atoms with Gasteiger partial charge in [-0.2, -0.15) is 0 Å². The van der Waals surface area contributed by atoms with Crippen LogP contribution in [0.5, 0.6) is 0 Å². The van der Waals surface area contributed by atoms with Gasteiger partial charge in [0, 0.05) is 12.0 Å². The molecule has 1 aliphatic carbocycles. The average Bonchev–Trinajstić information content (AvgIpc) is 2.83. The van der Waals surface area contributed by atoms with E-state index in [0.29, 0.717) is 17.9 Å². The lowest BCUT2D eigenvalue weighted by atomic mass is 9.80. The summed E-state index contributed by atoms with van der Waals surface area (Å²) in [5.41, 5.74) is 4.10. The van der Waals surface area contributed by atoms with Crippen molar-refractivity contribution in [3.05, 3.63) is 71.0 Å². The second-order valence-electron chi connectivity index (χ2n) is 5.90. The fourth-order valence-corrected chi connectivity index (χ4v) is 4.02. The second-order valence-corrected chi connectivity index (χ2v) is 5.90. The van der Waals surface area contributed by atoms with Gasteiger partial charge < -0.3 is 5.32 Å². The molecule has 102 valence electrons. The first kappa shape index (κ1) is 12.1. The van der Waals surface area contributed by atoms with Gasteiger partial charge in [-0.3, -0.25) is 0 Å². The first-order valence-corrected chi connectivity index (χ1v) is 7.42. The lowest BCUT2D eigenvalue weighted by Gasteiger charge is -2.31. The highest BCUT2D eigenvalue weighted by Crippen LogP contribution is 2.51. The SMILES string of the molecule is Fc1ccc([C@@H]2c3ccccc3[C@H]3NCCC[C@@H]23)cc1. The zero-order chi connectivity index (χ0) is 13.5. The van der Waals surface area contributed by atoms with E-state index in [1.165, 1.54) is 29.5 Å². The topological polar surface area (TPSA) is 12.0 Å². The minimum absolute atomic E-state index is 0.154. The van der Waals surface area contributed by atoms with Crippen molar-refractivity contribution in [2.75, 3.05) is 6.54 Å². The summed E-state index contributed by atoms with van der Waals surface area (Å²) < 4.78 is 13.2. The van der Waals surface area contributed by atoms with Crippen LogP contribution in [-0.2, 0) is 0 Å². The van der Waals surface area contributed by atoms with E-state index in [1.54, 1.807) is 12.1 Å². The van der Waals surface area contributed by atoms with Gasteiger partial charge in [0.25, 0.3) is 0 Å². The van der Waals surface area contributed by atoms with Crippen molar-refractivity contribution < 1.29 is 4.39 Å². The third-order valence-electron chi connectivity index (χ3n) is 4.83. The van der Waals surface area contributed by atoms with Gasteiger partial charge in [-0.1, -0.05) is 36.4 Å². The summed E-state index contributed by atoms with van der Waals surface area (Å²) in [6, 6.07) is 16.3. The summed E-state index contributed by atoms with van der Waals surface area (Å²) in [5, 5.41) is 3.67. The van der Waals surface area contributed by atoms with Gasteiger partial charge in [0.2, 0.25) is 0 Å². The fraction of sp³-hybridized carbons (Fsp3) is 0.333. The molecule has 4 rings (SSSR count). The van der Waals surface area contributed by atoms with Crippen molar-refractivity contribution in [1.29, 1.82) is 0 Å². The van der Waals surface area contributed by atoms with Gasteiger partial charge in [0.05, 0.1) is 0 Å². The van der Waals surface area contributed by atoms with Gasteiger partial charge in [0.15, 0.2) is 0 Å². The number of fused-ring (bicyclic) bond motifs is 3. The molecule has 0 amide bonds. The van der Waals surface area contributed by atoms with Crippen LogP contribution >= 0.6 is 0 Å². The number of hydrogen-bond acceptors (Lipinski definition) is 1. The van der Waals surface area contributed by atoms with Crippen molar-refractivity contribution in [2.45, 2.75) is 24.8 Å². The monoisotopic (exact) mass is 267 g/mol. The molecule has 3 atom stereocenters. The summed E-state index contributed by atoms with van der Waals surface area (Å²) in [7, 11) is 0. The number of rotatable bonds is 1. The van der Waals surface area contributed by atoms with Crippen LogP contribution in [0.2, 0.25) is 0 Å². The molecule has 1 heterocycles. The number of piperidine rings is 1. The van der Waals surface area contributed by atoms with E-state index >= 15 is 0 Å². The molecule has 0 unspecified atom stereocenters. The quantitative estimate of drug-likeness (QED) is 0.823. The predicted octanol–water partition coefficient (Wildman–Crippen LogP) is 4.01. The molecule has 1 saturated heterocycles. The molecule has 1 fully saturated rings. The molecule has 2 aromatic carbocycles. The highest BCUT2D eigenvalue weighted by Gasteiger charge is 2.41. The van der Waals surface area contributed by atoms with E-state index in [-0.39, 0.29) is 5.82 Å². The number of nitrogens with one attached hydrogen (secondary N) is 1. The summed E-state index contributed by atoms with van der Waals surface area (Å²) in [6.45, 7) is 1.10. The Morgan fingerprint density at radius 1 is 0.950 bits per heavy atom.